The van der Waals surface area contributed by atoms with E-state index in [-0.39, 0.29) is 11.9 Å². The Morgan fingerprint density at radius 3 is 2.37 bits per heavy atom. The molecule has 0 bridgehead atoms. The molecule has 0 radical (unpaired) electrons. The van der Waals surface area contributed by atoms with E-state index in [2.05, 4.69) is 19.9 Å². The number of anilines is 2. The molecule has 27 heavy (non-hydrogen) atoms. The van der Waals surface area contributed by atoms with Crippen molar-refractivity contribution in [3.63, 3.8) is 0 Å². The van der Waals surface area contributed by atoms with Crippen LogP contribution in [0.4, 0.5) is 29.3 Å². The first-order chi connectivity index (χ1) is 12.9. The maximum Gasteiger partial charge on any atom is 0.422 e. The van der Waals surface area contributed by atoms with Crippen molar-refractivity contribution < 1.29 is 22.7 Å². The van der Waals surface area contributed by atoms with Crippen LogP contribution < -0.4 is 15.0 Å². The highest BCUT2D eigenvalue weighted by molar-refractivity contribution is 5.89. The van der Waals surface area contributed by atoms with Gasteiger partial charge in [0, 0.05) is 37.9 Å². The zero-order valence-corrected chi connectivity index (χ0v) is 14.4. The predicted octanol–water partition coefficient (Wildman–Crippen LogP) is 3.38. The molecule has 1 aliphatic rings. The highest BCUT2D eigenvalue weighted by atomic mass is 19.4. The van der Waals surface area contributed by atoms with Crippen molar-refractivity contribution in [1.29, 1.82) is 0 Å². The lowest BCUT2D eigenvalue weighted by molar-refractivity contribution is -0.154. The van der Waals surface area contributed by atoms with Gasteiger partial charge in [-0.2, -0.15) is 13.2 Å². The topological polar surface area (TPSA) is 57.7 Å². The molecule has 144 valence electrons. The number of aromatic nitrogens is 1. The van der Waals surface area contributed by atoms with Gasteiger partial charge in [-0.05, 0) is 18.2 Å². The molecule has 3 rings (SSSR count). The number of piperazine rings is 1. The average Bonchev–Trinajstić information content (AvgIpc) is 2.68. The van der Waals surface area contributed by atoms with Gasteiger partial charge in [-0.3, -0.25) is 0 Å². The monoisotopic (exact) mass is 380 g/mol. The molecule has 2 aromatic rings. The van der Waals surface area contributed by atoms with E-state index in [9.17, 15) is 18.0 Å². The van der Waals surface area contributed by atoms with Gasteiger partial charge in [-0.25, -0.2) is 9.78 Å². The van der Waals surface area contributed by atoms with E-state index in [4.69, 9.17) is 0 Å². The lowest BCUT2D eigenvalue weighted by Gasteiger charge is -2.36. The first-order valence-corrected chi connectivity index (χ1v) is 8.42. The van der Waals surface area contributed by atoms with Gasteiger partial charge in [0.1, 0.15) is 0 Å². The molecule has 1 fully saturated rings. The summed E-state index contributed by atoms with van der Waals surface area (Å²) in [5.41, 5.74) is 1.51. The van der Waals surface area contributed by atoms with Gasteiger partial charge < -0.3 is 19.9 Å². The fraction of sp³-hybridized carbons (Fsp3) is 0.333. The molecule has 0 atom stereocenters. The van der Waals surface area contributed by atoms with Crippen molar-refractivity contribution in [2.75, 3.05) is 43.0 Å². The summed E-state index contributed by atoms with van der Waals surface area (Å²) in [7, 11) is 0. The molecule has 9 heteroatoms. The summed E-state index contributed by atoms with van der Waals surface area (Å²) in [5.74, 6) is -0.151. The SMILES string of the molecule is O=C(Nc1ccc(OCC(F)(F)F)nc1)N1CCN(c2ccccc2)CC1. The molecular weight excluding hydrogens is 361 g/mol. The molecule has 1 N–H and O–H groups in total. The Balaban J connectivity index is 1.48. The molecule has 1 aromatic carbocycles. The smallest absolute Gasteiger partial charge is 0.422 e. The molecule has 2 amide bonds. The van der Waals surface area contributed by atoms with Gasteiger partial charge in [0.05, 0.1) is 11.9 Å². The van der Waals surface area contributed by atoms with Crippen molar-refractivity contribution in [2.24, 2.45) is 0 Å². The number of ether oxygens (including phenoxy) is 1. The molecule has 2 heterocycles. The van der Waals surface area contributed by atoms with Crippen LogP contribution in [-0.2, 0) is 0 Å². The number of halogens is 3. The molecule has 1 aliphatic heterocycles. The van der Waals surface area contributed by atoms with Crippen molar-refractivity contribution >= 4 is 17.4 Å². The number of urea groups is 1. The third-order valence-corrected chi connectivity index (χ3v) is 4.06. The molecule has 0 saturated carbocycles. The van der Waals surface area contributed by atoms with Crippen LogP contribution in [0.3, 0.4) is 0 Å². The van der Waals surface area contributed by atoms with Crippen LogP contribution in [0, 0.1) is 0 Å². The number of carbonyl (C=O) groups is 1. The number of amides is 2. The van der Waals surface area contributed by atoms with E-state index in [1.807, 2.05) is 30.3 Å². The van der Waals surface area contributed by atoms with Gasteiger partial charge in [-0.1, -0.05) is 18.2 Å². The highest BCUT2D eigenvalue weighted by Gasteiger charge is 2.28. The van der Waals surface area contributed by atoms with E-state index in [0.717, 1.165) is 18.8 Å². The second kappa shape index (κ2) is 8.15. The van der Waals surface area contributed by atoms with Crippen LogP contribution >= 0.6 is 0 Å². The molecule has 1 saturated heterocycles. The van der Waals surface area contributed by atoms with Crippen LogP contribution in [0.25, 0.3) is 0 Å². The Morgan fingerprint density at radius 2 is 1.78 bits per heavy atom. The van der Waals surface area contributed by atoms with E-state index in [1.54, 1.807) is 4.90 Å². The largest absolute Gasteiger partial charge is 0.468 e. The number of rotatable bonds is 4. The number of benzene rings is 1. The zero-order valence-electron chi connectivity index (χ0n) is 14.4. The number of alkyl halides is 3. The Labute approximate surface area is 154 Å². The van der Waals surface area contributed by atoms with E-state index in [1.165, 1.54) is 18.3 Å². The van der Waals surface area contributed by atoms with E-state index >= 15 is 0 Å². The first kappa shape index (κ1) is 18.8. The summed E-state index contributed by atoms with van der Waals surface area (Å²) >= 11 is 0. The summed E-state index contributed by atoms with van der Waals surface area (Å²) in [6, 6.07) is 12.4. The maximum absolute atomic E-state index is 12.3. The summed E-state index contributed by atoms with van der Waals surface area (Å²) in [5, 5.41) is 2.69. The summed E-state index contributed by atoms with van der Waals surface area (Å²) in [4.78, 5) is 20.0. The quantitative estimate of drug-likeness (QED) is 0.884. The third-order valence-electron chi connectivity index (χ3n) is 4.06. The number of para-hydroxylation sites is 1. The minimum absolute atomic E-state index is 0.151. The van der Waals surface area contributed by atoms with Gasteiger partial charge in [0.2, 0.25) is 5.88 Å². The van der Waals surface area contributed by atoms with Crippen molar-refractivity contribution in [2.45, 2.75) is 6.18 Å². The number of nitrogens with zero attached hydrogens (tertiary/aromatic N) is 3. The second-order valence-corrected chi connectivity index (χ2v) is 6.03. The van der Waals surface area contributed by atoms with Crippen molar-refractivity contribution in [3.8, 4) is 5.88 Å². The lowest BCUT2D eigenvalue weighted by atomic mass is 10.2. The molecule has 1 aromatic heterocycles. The minimum Gasteiger partial charge on any atom is -0.468 e. The second-order valence-electron chi connectivity index (χ2n) is 6.03. The fourth-order valence-electron chi connectivity index (χ4n) is 2.70. The number of nitrogens with one attached hydrogen (secondary N) is 1. The molecule has 6 nitrogen and oxygen atoms in total. The van der Waals surface area contributed by atoms with Crippen LogP contribution in [0.2, 0.25) is 0 Å². The lowest BCUT2D eigenvalue weighted by Crippen LogP contribution is -2.50. The molecule has 0 unspecified atom stereocenters. The molecular formula is C18H19F3N4O2. The van der Waals surface area contributed by atoms with E-state index < -0.39 is 12.8 Å². The van der Waals surface area contributed by atoms with Crippen LogP contribution in [0.1, 0.15) is 0 Å². The number of carbonyl (C=O) groups excluding carboxylic acids is 1. The Morgan fingerprint density at radius 1 is 1.07 bits per heavy atom. The first-order valence-electron chi connectivity index (χ1n) is 8.42. The summed E-state index contributed by atoms with van der Waals surface area (Å²) < 4.78 is 40.9. The summed E-state index contributed by atoms with van der Waals surface area (Å²) in [6.45, 7) is 1.18. The Kier molecular flexibility index (Phi) is 5.68. The minimum atomic E-state index is -4.42. The number of hydrogen-bond acceptors (Lipinski definition) is 4. The normalized spacial score (nSPS) is 14.8. The number of hydrogen-bond donors (Lipinski definition) is 1. The van der Waals surface area contributed by atoms with Gasteiger partial charge in [0.25, 0.3) is 0 Å². The van der Waals surface area contributed by atoms with Crippen LogP contribution in [0.5, 0.6) is 5.88 Å². The fourth-order valence-corrected chi connectivity index (χ4v) is 2.70. The van der Waals surface area contributed by atoms with Crippen LogP contribution in [-0.4, -0.2) is 54.9 Å². The maximum atomic E-state index is 12.3. The van der Waals surface area contributed by atoms with Gasteiger partial charge >= 0.3 is 12.2 Å². The third kappa shape index (κ3) is 5.50. The highest BCUT2D eigenvalue weighted by Crippen LogP contribution is 2.19. The standard InChI is InChI=1S/C18H19F3N4O2/c19-18(20,21)13-27-16-7-6-14(12-22-16)23-17(26)25-10-8-24(9-11-25)15-4-2-1-3-5-15/h1-7,12H,8-11,13H2,(H,23,26). The van der Waals surface area contributed by atoms with Crippen LogP contribution in [0.15, 0.2) is 48.7 Å². The number of pyridine rings is 1. The average molecular weight is 380 g/mol. The Hall–Kier alpha value is -2.97. The van der Waals surface area contributed by atoms with Gasteiger partial charge in [-0.15, -0.1) is 0 Å². The van der Waals surface area contributed by atoms with Crippen molar-refractivity contribution in [1.82, 2.24) is 9.88 Å². The predicted molar refractivity (Wildman–Crippen MR) is 95.0 cm³/mol. The Bertz CT molecular complexity index is 745. The summed E-state index contributed by atoms with van der Waals surface area (Å²) in [6.07, 6.45) is -3.15. The van der Waals surface area contributed by atoms with Crippen molar-refractivity contribution in [3.05, 3.63) is 48.7 Å². The molecule has 0 aliphatic carbocycles. The van der Waals surface area contributed by atoms with Gasteiger partial charge in [0.15, 0.2) is 6.61 Å². The molecule has 0 spiro atoms. The van der Waals surface area contributed by atoms with E-state index in [0.29, 0.717) is 18.8 Å². The zero-order chi connectivity index (χ0) is 19.3.